The fraction of sp³-hybridized carbons (Fsp3) is 0.533. The second kappa shape index (κ2) is 6.48. The van der Waals surface area contributed by atoms with Gasteiger partial charge in [-0.25, -0.2) is 0 Å². The van der Waals surface area contributed by atoms with Crippen LogP contribution in [0.25, 0.3) is 0 Å². The van der Waals surface area contributed by atoms with Crippen LogP contribution in [0.5, 0.6) is 0 Å². The fourth-order valence-corrected chi connectivity index (χ4v) is 2.49. The molecule has 0 N–H and O–H groups in total. The van der Waals surface area contributed by atoms with Crippen LogP contribution in [0.4, 0.5) is 0 Å². The molecule has 3 heteroatoms. The summed E-state index contributed by atoms with van der Waals surface area (Å²) in [6.07, 6.45) is 4.43. The lowest BCUT2D eigenvalue weighted by atomic mass is 10.1. The van der Waals surface area contributed by atoms with Crippen molar-refractivity contribution in [3.8, 4) is 0 Å². The van der Waals surface area contributed by atoms with Gasteiger partial charge in [0.2, 0.25) is 0 Å². The third-order valence-electron chi connectivity index (χ3n) is 3.37. The van der Waals surface area contributed by atoms with Gasteiger partial charge in [-0.1, -0.05) is 35.0 Å². The summed E-state index contributed by atoms with van der Waals surface area (Å²) in [5.41, 5.74) is 0.824. The Hall–Kier alpha value is -0.670. The number of ketones is 1. The van der Waals surface area contributed by atoms with Crippen LogP contribution in [0, 0.1) is 0 Å². The van der Waals surface area contributed by atoms with Gasteiger partial charge in [-0.3, -0.25) is 9.69 Å². The molecule has 0 bridgehead atoms. The molecule has 1 fully saturated rings. The minimum absolute atomic E-state index is 0.254. The van der Waals surface area contributed by atoms with E-state index in [-0.39, 0.29) is 5.78 Å². The highest BCUT2D eigenvalue weighted by molar-refractivity contribution is 9.10. The minimum Gasteiger partial charge on any atom is -0.300 e. The Balaban J connectivity index is 1.85. The van der Waals surface area contributed by atoms with Gasteiger partial charge in [0.15, 0.2) is 5.78 Å². The number of rotatable bonds is 7. The Kier molecular flexibility index (Phi) is 4.95. The van der Waals surface area contributed by atoms with E-state index in [9.17, 15) is 4.79 Å². The molecular weight excluding hydrogens is 290 g/mol. The number of nitrogens with zero attached hydrogens (tertiary/aromatic N) is 1. The van der Waals surface area contributed by atoms with Gasteiger partial charge in [-0.2, -0.15) is 0 Å². The number of hydrogen-bond acceptors (Lipinski definition) is 2. The van der Waals surface area contributed by atoms with E-state index >= 15 is 0 Å². The number of benzene rings is 1. The molecule has 0 aromatic heterocycles. The summed E-state index contributed by atoms with van der Waals surface area (Å²) in [4.78, 5) is 14.5. The summed E-state index contributed by atoms with van der Waals surface area (Å²) < 4.78 is 1.02. The van der Waals surface area contributed by atoms with Crippen molar-refractivity contribution in [2.75, 3.05) is 13.1 Å². The summed E-state index contributed by atoms with van der Waals surface area (Å²) >= 11 is 3.39. The van der Waals surface area contributed by atoms with Gasteiger partial charge in [0.1, 0.15) is 0 Å². The predicted molar refractivity (Wildman–Crippen MR) is 78.0 cm³/mol. The first-order chi connectivity index (χ1) is 8.70. The van der Waals surface area contributed by atoms with Crippen LogP contribution in [-0.4, -0.2) is 29.8 Å². The molecule has 0 aliphatic heterocycles. The molecule has 1 aliphatic rings. The highest BCUT2D eigenvalue weighted by Crippen LogP contribution is 2.27. The molecule has 0 atom stereocenters. The maximum Gasteiger partial charge on any atom is 0.164 e. The highest BCUT2D eigenvalue weighted by atomic mass is 79.9. The first kappa shape index (κ1) is 13.8. The third-order valence-corrected chi connectivity index (χ3v) is 3.90. The Morgan fingerprint density at radius 2 is 1.94 bits per heavy atom. The zero-order valence-electron chi connectivity index (χ0n) is 10.9. The minimum atomic E-state index is 0.254. The molecule has 0 heterocycles. The van der Waals surface area contributed by atoms with Gasteiger partial charge in [0.05, 0.1) is 0 Å². The molecule has 2 nitrogen and oxygen atoms in total. The molecule has 1 aromatic rings. The van der Waals surface area contributed by atoms with Crippen molar-refractivity contribution in [2.45, 2.75) is 38.6 Å². The fourth-order valence-electron chi connectivity index (χ4n) is 2.23. The van der Waals surface area contributed by atoms with Crippen LogP contribution < -0.4 is 0 Å². The standard InChI is InChI=1S/C15H20BrNO/c1-2-10-17(14-7-8-14)11-9-15(18)12-3-5-13(16)6-4-12/h3-6,14H,2,7-11H2,1H3. The molecule has 0 saturated heterocycles. The van der Waals surface area contributed by atoms with Crippen LogP contribution in [0.3, 0.4) is 0 Å². The maximum absolute atomic E-state index is 12.1. The zero-order chi connectivity index (χ0) is 13.0. The monoisotopic (exact) mass is 309 g/mol. The predicted octanol–water partition coefficient (Wildman–Crippen LogP) is 3.90. The lowest BCUT2D eigenvalue weighted by Crippen LogP contribution is -2.29. The zero-order valence-corrected chi connectivity index (χ0v) is 12.4. The largest absolute Gasteiger partial charge is 0.300 e. The molecule has 1 saturated carbocycles. The average Bonchev–Trinajstić information content (AvgIpc) is 3.19. The number of carbonyl (C=O) groups excluding carboxylic acids is 1. The molecule has 1 aromatic carbocycles. The van der Waals surface area contributed by atoms with Gasteiger partial charge < -0.3 is 0 Å². The van der Waals surface area contributed by atoms with Crippen LogP contribution in [0.1, 0.15) is 43.0 Å². The first-order valence-corrected chi connectivity index (χ1v) is 7.53. The van der Waals surface area contributed by atoms with Crippen LogP contribution in [0.15, 0.2) is 28.7 Å². The van der Waals surface area contributed by atoms with E-state index < -0.39 is 0 Å². The SMILES string of the molecule is CCCN(CCC(=O)c1ccc(Br)cc1)C1CC1. The molecule has 98 valence electrons. The maximum atomic E-state index is 12.1. The number of halogens is 1. The van der Waals surface area contributed by atoms with Crippen molar-refractivity contribution in [1.29, 1.82) is 0 Å². The molecule has 0 radical (unpaired) electrons. The lowest BCUT2D eigenvalue weighted by Gasteiger charge is -2.20. The van der Waals surface area contributed by atoms with Gasteiger partial charge in [0.25, 0.3) is 0 Å². The van der Waals surface area contributed by atoms with E-state index in [0.29, 0.717) is 6.42 Å². The summed E-state index contributed by atoms with van der Waals surface area (Å²) in [7, 11) is 0. The van der Waals surface area contributed by atoms with Crippen molar-refractivity contribution in [3.63, 3.8) is 0 Å². The summed E-state index contributed by atoms with van der Waals surface area (Å²) in [5, 5.41) is 0. The Bertz CT molecular complexity index is 397. The molecule has 0 spiro atoms. The van der Waals surface area contributed by atoms with Crippen LogP contribution in [-0.2, 0) is 0 Å². The van der Waals surface area contributed by atoms with E-state index in [1.54, 1.807) is 0 Å². The van der Waals surface area contributed by atoms with Crippen molar-refractivity contribution in [2.24, 2.45) is 0 Å². The van der Waals surface area contributed by atoms with Crippen molar-refractivity contribution in [3.05, 3.63) is 34.3 Å². The average molecular weight is 310 g/mol. The molecule has 2 rings (SSSR count). The molecule has 1 aliphatic carbocycles. The highest BCUT2D eigenvalue weighted by Gasteiger charge is 2.28. The topological polar surface area (TPSA) is 20.3 Å². The number of hydrogen-bond donors (Lipinski definition) is 0. The molecular formula is C15H20BrNO. The van der Waals surface area contributed by atoms with Crippen molar-refractivity contribution >= 4 is 21.7 Å². The summed E-state index contributed by atoms with van der Waals surface area (Å²) in [6, 6.07) is 8.40. The quantitative estimate of drug-likeness (QED) is 0.712. The second-order valence-corrected chi connectivity index (χ2v) is 5.86. The molecule has 18 heavy (non-hydrogen) atoms. The Labute approximate surface area is 117 Å². The van der Waals surface area contributed by atoms with Gasteiger partial charge in [0, 0.05) is 29.0 Å². The van der Waals surface area contributed by atoms with Crippen LogP contribution in [0.2, 0.25) is 0 Å². The summed E-state index contributed by atoms with van der Waals surface area (Å²) in [5.74, 6) is 0.254. The van der Waals surface area contributed by atoms with Crippen LogP contribution >= 0.6 is 15.9 Å². The van der Waals surface area contributed by atoms with Gasteiger partial charge in [-0.05, 0) is 37.9 Å². The molecule has 0 unspecified atom stereocenters. The molecule has 0 amide bonds. The normalized spacial score (nSPS) is 15.1. The number of Topliss-reactive ketones (excluding diaryl/α,β-unsaturated/α-hetero) is 1. The first-order valence-electron chi connectivity index (χ1n) is 6.73. The van der Waals surface area contributed by atoms with Crippen molar-refractivity contribution < 1.29 is 4.79 Å². The van der Waals surface area contributed by atoms with E-state index in [1.165, 1.54) is 19.3 Å². The van der Waals surface area contributed by atoms with E-state index in [1.807, 2.05) is 24.3 Å². The van der Waals surface area contributed by atoms with Gasteiger partial charge >= 0.3 is 0 Å². The van der Waals surface area contributed by atoms with E-state index in [2.05, 4.69) is 27.8 Å². The Morgan fingerprint density at radius 3 is 2.50 bits per heavy atom. The third kappa shape index (κ3) is 3.92. The smallest absolute Gasteiger partial charge is 0.164 e. The summed E-state index contributed by atoms with van der Waals surface area (Å²) in [6.45, 7) is 4.23. The Morgan fingerprint density at radius 1 is 1.28 bits per heavy atom. The lowest BCUT2D eigenvalue weighted by molar-refractivity contribution is 0.0962. The van der Waals surface area contributed by atoms with Crippen molar-refractivity contribution in [1.82, 2.24) is 4.90 Å². The van der Waals surface area contributed by atoms with E-state index in [0.717, 1.165) is 29.2 Å². The van der Waals surface area contributed by atoms with Gasteiger partial charge in [-0.15, -0.1) is 0 Å². The second-order valence-electron chi connectivity index (χ2n) is 4.95. The number of carbonyl (C=O) groups is 1. The van der Waals surface area contributed by atoms with E-state index in [4.69, 9.17) is 0 Å².